The molecule has 1 aliphatic rings. The number of carbonyl (C=O) groups is 1. The first-order chi connectivity index (χ1) is 12.5. The fourth-order valence-corrected chi connectivity index (χ4v) is 3.25. The van der Waals surface area contributed by atoms with Gasteiger partial charge >= 0.3 is 0 Å². The maximum absolute atomic E-state index is 13.5. The monoisotopic (exact) mass is 359 g/mol. The topological polar surface area (TPSA) is 85.8 Å². The molecule has 9 heteroatoms. The standard InChI is InChI=1S/C17H15F2N5O2/c1-9-16(23-26-22-9)17(25)21-14-3-2-4-15-13(14)8-20-24(15)12-6-10(18)5-11(19)7-12/h5-8,14H,2-4H2,1H3,(H,21,25). The Labute approximate surface area is 147 Å². The third-order valence-corrected chi connectivity index (χ3v) is 4.45. The Bertz CT molecular complexity index is 961. The van der Waals surface area contributed by atoms with Gasteiger partial charge in [0.05, 0.1) is 17.9 Å². The van der Waals surface area contributed by atoms with Crippen LogP contribution in [0.15, 0.2) is 29.0 Å². The lowest BCUT2D eigenvalue weighted by Crippen LogP contribution is -2.31. The van der Waals surface area contributed by atoms with E-state index in [1.807, 2.05) is 0 Å². The van der Waals surface area contributed by atoms with Crippen molar-refractivity contribution in [1.29, 1.82) is 0 Å². The highest BCUT2D eigenvalue weighted by Gasteiger charge is 2.28. The number of carbonyl (C=O) groups excluding carboxylic acids is 1. The molecule has 0 bridgehead atoms. The third-order valence-electron chi connectivity index (χ3n) is 4.45. The second-order valence-electron chi connectivity index (χ2n) is 6.20. The minimum Gasteiger partial charge on any atom is -0.344 e. The Morgan fingerprint density at radius 3 is 2.73 bits per heavy atom. The molecule has 2 heterocycles. The summed E-state index contributed by atoms with van der Waals surface area (Å²) in [5.41, 5.74) is 2.50. The zero-order valence-corrected chi connectivity index (χ0v) is 13.9. The summed E-state index contributed by atoms with van der Waals surface area (Å²) >= 11 is 0. The number of nitrogens with one attached hydrogen (secondary N) is 1. The number of rotatable bonds is 3. The summed E-state index contributed by atoms with van der Waals surface area (Å²) in [5, 5.41) is 14.4. The van der Waals surface area contributed by atoms with Gasteiger partial charge < -0.3 is 5.32 Å². The van der Waals surface area contributed by atoms with E-state index in [1.54, 1.807) is 13.1 Å². The minimum atomic E-state index is -0.668. The van der Waals surface area contributed by atoms with E-state index in [0.717, 1.165) is 30.2 Å². The van der Waals surface area contributed by atoms with Crippen molar-refractivity contribution < 1.29 is 18.2 Å². The van der Waals surface area contributed by atoms with Gasteiger partial charge in [0.2, 0.25) is 0 Å². The van der Waals surface area contributed by atoms with E-state index in [4.69, 9.17) is 0 Å². The Morgan fingerprint density at radius 1 is 1.27 bits per heavy atom. The second-order valence-corrected chi connectivity index (χ2v) is 6.20. The van der Waals surface area contributed by atoms with Gasteiger partial charge in [-0.3, -0.25) is 4.79 Å². The number of nitrogens with zero attached hydrogens (tertiary/aromatic N) is 4. The van der Waals surface area contributed by atoms with Crippen molar-refractivity contribution in [3.63, 3.8) is 0 Å². The van der Waals surface area contributed by atoms with E-state index in [1.165, 1.54) is 16.8 Å². The Morgan fingerprint density at radius 2 is 2.04 bits per heavy atom. The van der Waals surface area contributed by atoms with Crippen molar-refractivity contribution in [1.82, 2.24) is 25.4 Å². The largest absolute Gasteiger partial charge is 0.344 e. The van der Waals surface area contributed by atoms with Gasteiger partial charge in [-0.05, 0) is 43.5 Å². The first-order valence-corrected chi connectivity index (χ1v) is 8.16. The van der Waals surface area contributed by atoms with Gasteiger partial charge in [0, 0.05) is 17.3 Å². The van der Waals surface area contributed by atoms with Crippen LogP contribution in [0.2, 0.25) is 0 Å². The molecule has 2 aromatic heterocycles. The molecule has 7 nitrogen and oxygen atoms in total. The number of fused-ring (bicyclic) bond motifs is 1. The van der Waals surface area contributed by atoms with Crippen molar-refractivity contribution in [3.8, 4) is 5.69 Å². The molecule has 26 heavy (non-hydrogen) atoms. The fraction of sp³-hybridized carbons (Fsp3) is 0.294. The molecule has 1 N–H and O–H groups in total. The average Bonchev–Trinajstić information content (AvgIpc) is 3.20. The second kappa shape index (κ2) is 6.32. The van der Waals surface area contributed by atoms with Crippen LogP contribution in [-0.2, 0) is 6.42 Å². The minimum absolute atomic E-state index is 0.136. The molecule has 0 saturated heterocycles. The number of aromatic nitrogens is 4. The maximum Gasteiger partial charge on any atom is 0.275 e. The summed E-state index contributed by atoms with van der Waals surface area (Å²) in [4.78, 5) is 12.4. The van der Waals surface area contributed by atoms with Crippen LogP contribution in [0.4, 0.5) is 8.78 Å². The van der Waals surface area contributed by atoms with E-state index >= 15 is 0 Å². The van der Waals surface area contributed by atoms with Crippen LogP contribution in [0.5, 0.6) is 0 Å². The quantitative estimate of drug-likeness (QED) is 0.777. The van der Waals surface area contributed by atoms with Gasteiger partial charge in [-0.2, -0.15) is 5.10 Å². The van der Waals surface area contributed by atoms with E-state index in [2.05, 4.69) is 25.4 Å². The molecule has 1 atom stereocenters. The summed E-state index contributed by atoms with van der Waals surface area (Å²) in [6, 6.07) is 3.00. The molecule has 1 unspecified atom stereocenters. The summed E-state index contributed by atoms with van der Waals surface area (Å²) in [6.07, 6.45) is 3.85. The number of halogens is 2. The highest BCUT2D eigenvalue weighted by atomic mass is 19.1. The van der Waals surface area contributed by atoms with Gasteiger partial charge in [0.25, 0.3) is 5.91 Å². The zero-order valence-electron chi connectivity index (χ0n) is 13.9. The van der Waals surface area contributed by atoms with Crippen LogP contribution in [-0.4, -0.2) is 26.0 Å². The molecule has 1 aliphatic carbocycles. The van der Waals surface area contributed by atoms with E-state index in [0.29, 0.717) is 17.8 Å². The van der Waals surface area contributed by atoms with Crippen molar-refractivity contribution in [2.24, 2.45) is 0 Å². The fourth-order valence-electron chi connectivity index (χ4n) is 3.25. The summed E-state index contributed by atoms with van der Waals surface area (Å²) in [5.74, 6) is -1.72. The molecule has 4 rings (SSSR count). The van der Waals surface area contributed by atoms with Crippen molar-refractivity contribution in [2.75, 3.05) is 0 Å². The highest BCUT2D eigenvalue weighted by Crippen LogP contribution is 2.31. The molecule has 1 amide bonds. The molecular weight excluding hydrogens is 344 g/mol. The Hall–Kier alpha value is -3.10. The lowest BCUT2D eigenvalue weighted by atomic mass is 9.92. The Balaban J connectivity index is 1.65. The predicted octanol–water partition coefficient (Wildman–Crippen LogP) is 2.65. The molecule has 0 radical (unpaired) electrons. The van der Waals surface area contributed by atoms with Gasteiger partial charge in [-0.1, -0.05) is 5.16 Å². The van der Waals surface area contributed by atoms with Crippen LogP contribution in [0.3, 0.4) is 0 Å². The predicted molar refractivity (Wildman–Crippen MR) is 85.7 cm³/mol. The molecular formula is C17H15F2N5O2. The van der Waals surface area contributed by atoms with E-state index in [-0.39, 0.29) is 17.6 Å². The highest BCUT2D eigenvalue weighted by molar-refractivity contribution is 5.93. The van der Waals surface area contributed by atoms with Gasteiger partial charge in [0.15, 0.2) is 5.69 Å². The number of hydrogen-bond donors (Lipinski definition) is 1. The number of hydrogen-bond acceptors (Lipinski definition) is 5. The molecule has 0 aliphatic heterocycles. The van der Waals surface area contributed by atoms with Crippen LogP contribution >= 0.6 is 0 Å². The first-order valence-electron chi connectivity index (χ1n) is 8.16. The van der Waals surface area contributed by atoms with Gasteiger partial charge in [-0.15, -0.1) is 0 Å². The van der Waals surface area contributed by atoms with Crippen LogP contribution in [0, 0.1) is 18.6 Å². The maximum atomic E-state index is 13.5. The van der Waals surface area contributed by atoms with Crippen molar-refractivity contribution in [3.05, 3.63) is 58.7 Å². The van der Waals surface area contributed by atoms with Crippen molar-refractivity contribution >= 4 is 5.91 Å². The van der Waals surface area contributed by atoms with Gasteiger partial charge in [-0.25, -0.2) is 18.1 Å². The molecule has 3 aromatic rings. The molecule has 0 spiro atoms. The van der Waals surface area contributed by atoms with Crippen LogP contribution in [0.1, 0.15) is 46.3 Å². The van der Waals surface area contributed by atoms with Crippen molar-refractivity contribution in [2.45, 2.75) is 32.2 Å². The molecule has 0 saturated carbocycles. The van der Waals surface area contributed by atoms with E-state index < -0.39 is 11.6 Å². The summed E-state index contributed by atoms with van der Waals surface area (Å²) < 4.78 is 33.1. The third kappa shape index (κ3) is 2.85. The number of benzene rings is 1. The molecule has 134 valence electrons. The summed E-state index contributed by atoms with van der Waals surface area (Å²) in [6.45, 7) is 1.63. The summed E-state index contributed by atoms with van der Waals surface area (Å²) in [7, 11) is 0. The number of amides is 1. The average molecular weight is 359 g/mol. The smallest absolute Gasteiger partial charge is 0.275 e. The lowest BCUT2D eigenvalue weighted by molar-refractivity contribution is 0.0922. The van der Waals surface area contributed by atoms with E-state index in [9.17, 15) is 13.6 Å². The van der Waals surface area contributed by atoms with Crippen LogP contribution < -0.4 is 5.32 Å². The SMILES string of the molecule is Cc1nonc1C(=O)NC1CCCc2c1cnn2-c1cc(F)cc(F)c1. The van der Waals surface area contributed by atoms with Crippen LogP contribution in [0.25, 0.3) is 5.69 Å². The Kier molecular flexibility index (Phi) is 3.98. The first kappa shape index (κ1) is 16.4. The zero-order chi connectivity index (χ0) is 18.3. The van der Waals surface area contributed by atoms with Gasteiger partial charge in [0.1, 0.15) is 17.3 Å². The molecule has 0 fully saturated rings. The lowest BCUT2D eigenvalue weighted by Gasteiger charge is -2.24. The molecule has 1 aromatic carbocycles. The number of aryl methyl sites for hydroxylation is 1. The normalized spacial score (nSPS) is 16.3.